The second kappa shape index (κ2) is 8.91. The van der Waals surface area contributed by atoms with E-state index < -0.39 is 30.8 Å². The zero-order valence-corrected chi connectivity index (χ0v) is 15.1. The zero-order valence-electron chi connectivity index (χ0n) is 15.1. The summed E-state index contributed by atoms with van der Waals surface area (Å²) in [5.41, 5.74) is 4.98. The Labute approximate surface area is 163 Å². The lowest BCUT2D eigenvalue weighted by Gasteiger charge is -2.13. The largest absolute Gasteiger partial charge is 0.492 e. The van der Waals surface area contributed by atoms with Gasteiger partial charge >= 0.3 is 6.18 Å². The van der Waals surface area contributed by atoms with Crippen molar-refractivity contribution in [3.05, 3.63) is 48.0 Å². The maximum atomic E-state index is 13.3. The highest BCUT2D eigenvalue weighted by Gasteiger charge is 2.35. The van der Waals surface area contributed by atoms with Gasteiger partial charge in [-0.3, -0.25) is 0 Å². The van der Waals surface area contributed by atoms with Crippen LogP contribution in [0.3, 0.4) is 0 Å². The first-order chi connectivity index (χ1) is 13.9. The fraction of sp³-hybridized carbons (Fsp3) is 0.263. The molecule has 154 valence electrons. The average Bonchev–Trinajstić information content (AvgIpc) is 3.20. The molecule has 0 saturated heterocycles. The van der Waals surface area contributed by atoms with Gasteiger partial charge in [-0.05, 0) is 42.5 Å². The molecule has 3 aromatic rings. The van der Waals surface area contributed by atoms with Gasteiger partial charge in [0.1, 0.15) is 31.4 Å². The van der Waals surface area contributed by atoms with E-state index in [1.807, 2.05) is 0 Å². The molecule has 10 heteroatoms. The summed E-state index contributed by atoms with van der Waals surface area (Å²) in [6, 6.07) is 10.0. The van der Waals surface area contributed by atoms with Crippen molar-refractivity contribution in [2.24, 2.45) is 5.73 Å². The van der Waals surface area contributed by atoms with Crippen LogP contribution < -0.4 is 15.2 Å². The Bertz CT molecular complexity index is 943. The molecule has 0 spiro atoms. The molecule has 0 aliphatic heterocycles. The molecular formula is C19H17F4N3O3. The molecule has 2 aromatic carbocycles. The maximum Gasteiger partial charge on any atom is 0.419 e. The van der Waals surface area contributed by atoms with Crippen LogP contribution in [0.2, 0.25) is 0 Å². The molecule has 0 aliphatic rings. The van der Waals surface area contributed by atoms with E-state index in [1.54, 1.807) is 24.3 Å². The summed E-state index contributed by atoms with van der Waals surface area (Å²) < 4.78 is 67.5. The molecule has 2 N–H and O–H groups in total. The SMILES string of the molecule is NCCOc1ccc(-c2noc(-c3ccc(OCCF)c(C(F)(F)F)c3)n2)cc1. The predicted molar refractivity (Wildman–Crippen MR) is 96.2 cm³/mol. The van der Waals surface area contributed by atoms with Gasteiger partial charge < -0.3 is 19.7 Å². The third-order valence-electron chi connectivity index (χ3n) is 3.79. The minimum atomic E-state index is -4.69. The first-order valence-electron chi connectivity index (χ1n) is 8.59. The molecule has 3 rings (SSSR count). The maximum absolute atomic E-state index is 13.3. The molecule has 0 fully saturated rings. The van der Waals surface area contributed by atoms with Gasteiger partial charge in [-0.25, -0.2) is 4.39 Å². The van der Waals surface area contributed by atoms with Crippen molar-refractivity contribution in [1.29, 1.82) is 0 Å². The van der Waals surface area contributed by atoms with Crippen molar-refractivity contribution in [3.8, 4) is 34.3 Å². The Morgan fingerprint density at radius 1 is 0.966 bits per heavy atom. The van der Waals surface area contributed by atoms with Crippen LogP contribution >= 0.6 is 0 Å². The Morgan fingerprint density at radius 3 is 2.34 bits per heavy atom. The minimum Gasteiger partial charge on any atom is -0.492 e. The summed E-state index contributed by atoms with van der Waals surface area (Å²) in [6.07, 6.45) is -4.69. The van der Waals surface area contributed by atoms with Crippen LogP contribution in [0.15, 0.2) is 47.0 Å². The normalized spacial score (nSPS) is 11.5. The third-order valence-corrected chi connectivity index (χ3v) is 3.79. The number of aromatic nitrogens is 2. The lowest BCUT2D eigenvalue weighted by atomic mass is 10.1. The number of benzene rings is 2. The van der Waals surface area contributed by atoms with E-state index in [1.165, 1.54) is 6.07 Å². The van der Waals surface area contributed by atoms with Crippen molar-refractivity contribution < 1.29 is 31.6 Å². The third kappa shape index (κ3) is 5.02. The molecule has 0 saturated carbocycles. The highest BCUT2D eigenvalue weighted by molar-refractivity contribution is 5.62. The second-order valence-electron chi connectivity index (χ2n) is 5.83. The van der Waals surface area contributed by atoms with Gasteiger partial charge in [-0.2, -0.15) is 18.2 Å². The summed E-state index contributed by atoms with van der Waals surface area (Å²) in [5.74, 6) is 0.260. The molecule has 1 aromatic heterocycles. The van der Waals surface area contributed by atoms with Crippen LogP contribution in [0.4, 0.5) is 17.6 Å². The number of hydrogen-bond acceptors (Lipinski definition) is 6. The van der Waals surface area contributed by atoms with E-state index in [0.29, 0.717) is 24.5 Å². The summed E-state index contributed by atoms with van der Waals surface area (Å²) in [7, 11) is 0. The quantitative estimate of drug-likeness (QED) is 0.562. The van der Waals surface area contributed by atoms with Gasteiger partial charge in [-0.1, -0.05) is 5.16 Å². The van der Waals surface area contributed by atoms with E-state index in [2.05, 4.69) is 10.1 Å². The smallest absolute Gasteiger partial charge is 0.419 e. The van der Waals surface area contributed by atoms with Gasteiger partial charge in [0.2, 0.25) is 5.82 Å². The van der Waals surface area contributed by atoms with Gasteiger partial charge in [0, 0.05) is 17.7 Å². The highest BCUT2D eigenvalue weighted by Crippen LogP contribution is 2.38. The number of nitrogens with zero attached hydrogens (tertiary/aromatic N) is 2. The fourth-order valence-corrected chi connectivity index (χ4v) is 2.49. The van der Waals surface area contributed by atoms with Crippen LogP contribution in [0.5, 0.6) is 11.5 Å². The predicted octanol–water partition coefficient (Wildman–Crippen LogP) is 4.11. The van der Waals surface area contributed by atoms with E-state index in [9.17, 15) is 17.6 Å². The molecule has 0 bridgehead atoms. The molecule has 6 nitrogen and oxygen atoms in total. The van der Waals surface area contributed by atoms with E-state index in [-0.39, 0.29) is 17.3 Å². The summed E-state index contributed by atoms with van der Waals surface area (Å²) >= 11 is 0. The topological polar surface area (TPSA) is 83.4 Å². The highest BCUT2D eigenvalue weighted by atomic mass is 19.4. The lowest BCUT2D eigenvalue weighted by Crippen LogP contribution is -2.10. The standard InChI is InChI=1S/C19H17F4N3O3/c20-7-9-28-16-6-3-13(11-15(16)19(21,22)23)18-25-17(26-29-18)12-1-4-14(5-2-12)27-10-8-24/h1-6,11H,7-10,24H2. The minimum absolute atomic E-state index is 0.0616. The number of nitrogens with two attached hydrogens (primary N) is 1. The molecule has 0 atom stereocenters. The Kier molecular flexibility index (Phi) is 6.32. The summed E-state index contributed by atoms with van der Waals surface area (Å²) in [4.78, 5) is 4.15. The first-order valence-corrected chi connectivity index (χ1v) is 8.59. The van der Waals surface area contributed by atoms with Crippen molar-refractivity contribution in [1.82, 2.24) is 10.1 Å². The molecular weight excluding hydrogens is 394 g/mol. The van der Waals surface area contributed by atoms with Crippen LogP contribution in [0.1, 0.15) is 5.56 Å². The molecule has 0 unspecified atom stereocenters. The van der Waals surface area contributed by atoms with E-state index in [0.717, 1.165) is 12.1 Å². The Hall–Kier alpha value is -3.14. The van der Waals surface area contributed by atoms with Gasteiger partial charge in [0.15, 0.2) is 0 Å². The average molecular weight is 411 g/mol. The van der Waals surface area contributed by atoms with Crippen LogP contribution in [0.25, 0.3) is 22.8 Å². The van der Waals surface area contributed by atoms with Crippen molar-refractivity contribution in [2.75, 3.05) is 26.4 Å². The molecule has 29 heavy (non-hydrogen) atoms. The number of halogens is 4. The fourth-order valence-electron chi connectivity index (χ4n) is 2.49. The number of alkyl halides is 4. The monoisotopic (exact) mass is 411 g/mol. The second-order valence-corrected chi connectivity index (χ2v) is 5.83. The van der Waals surface area contributed by atoms with Gasteiger partial charge in [-0.15, -0.1) is 0 Å². The van der Waals surface area contributed by atoms with E-state index in [4.69, 9.17) is 19.7 Å². The number of rotatable bonds is 8. The van der Waals surface area contributed by atoms with E-state index >= 15 is 0 Å². The van der Waals surface area contributed by atoms with Crippen LogP contribution in [-0.4, -0.2) is 36.6 Å². The molecule has 0 aliphatic carbocycles. The summed E-state index contributed by atoms with van der Waals surface area (Å²) in [5, 5.41) is 3.81. The van der Waals surface area contributed by atoms with Crippen LogP contribution in [-0.2, 0) is 6.18 Å². The number of ether oxygens (including phenoxy) is 2. The first kappa shape index (κ1) is 20.6. The van der Waals surface area contributed by atoms with Gasteiger partial charge in [0.25, 0.3) is 5.89 Å². The van der Waals surface area contributed by atoms with Crippen molar-refractivity contribution in [2.45, 2.75) is 6.18 Å². The molecule has 0 radical (unpaired) electrons. The Morgan fingerprint density at radius 2 is 1.69 bits per heavy atom. The molecule has 1 heterocycles. The lowest BCUT2D eigenvalue weighted by molar-refractivity contribution is -0.138. The zero-order chi connectivity index (χ0) is 20.9. The Balaban J connectivity index is 1.86. The van der Waals surface area contributed by atoms with Crippen molar-refractivity contribution >= 4 is 0 Å². The summed E-state index contributed by atoms with van der Waals surface area (Å²) in [6.45, 7) is -0.619. The van der Waals surface area contributed by atoms with Gasteiger partial charge in [0.05, 0.1) is 5.56 Å². The van der Waals surface area contributed by atoms with Crippen molar-refractivity contribution in [3.63, 3.8) is 0 Å². The van der Waals surface area contributed by atoms with Crippen LogP contribution in [0, 0.1) is 0 Å². The molecule has 0 amide bonds. The number of hydrogen-bond donors (Lipinski definition) is 1.